The Morgan fingerprint density at radius 3 is 2.33 bits per heavy atom. The van der Waals surface area contributed by atoms with E-state index in [9.17, 15) is 0 Å². The maximum absolute atomic E-state index is 5.70. The predicted octanol–water partition coefficient (Wildman–Crippen LogP) is 3.61. The molecule has 0 aliphatic carbocycles. The summed E-state index contributed by atoms with van der Waals surface area (Å²) in [6.45, 7) is 5.79. The van der Waals surface area contributed by atoms with Crippen molar-refractivity contribution in [2.24, 2.45) is 5.73 Å². The van der Waals surface area contributed by atoms with Crippen LogP contribution in [0.25, 0.3) is 0 Å². The average Bonchev–Trinajstić information content (AvgIpc) is 2.42. The molecule has 18 heavy (non-hydrogen) atoms. The van der Waals surface area contributed by atoms with Crippen molar-refractivity contribution >= 4 is 11.4 Å². The summed E-state index contributed by atoms with van der Waals surface area (Å²) in [6, 6.07) is 17.0. The molecule has 0 saturated carbocycles. The van der Waals surface area contributed by atoms with Crippen LogP contribution in [0, 0.1) is 6.92 Å². The van der Waals surface area contributed by atoms with Gasteiger partial charge >= 0.3 is 0 Å². The molecule has 0 fully saturated rings. The lowest BCUT2D eigenvalue weighted by Crippen LogP contribution is -2.16. The number of aryl methyl sites for hydroxylation is 1. The van der Waals surface area contributed by atoms with E-state index in [2.05, 4.69) is 67.3 Å². The van der Waals surface area contributed by atoms with E-state index < -0.39 is 0 Å². The lowest BCUT2D eigenvalue weighted by molar-refractivity contribution is 1.01. The zero-order chi connectivity index (χ0) is 13.0. The van der Waals surface area contributed by atoms with Crippen molar-refractivity contribution in [3.05, 3.63) is 59.7 Å². The Balaban J connectivity index is 2.35. The Kier molecular flexibility index (Phi) is 4.00. The van der Waals surface area contributed by atoms with Gasteiger partial charge in [0.05, 0.1) is 0 Å². The van der Waals surface area contributed by atoms with Gasteiger partial charge in [0.1, 0.15) is 0 Å². The van der Waals surface area contributed by atoms with Gasteiger partial charge < -0.3 is 10.6 Å². The van der Waals surface area contributed by atoms with E-state index in [1.807, 2.05) is 0 Å². The van der Waals surface area contributed by atoms with Gasteiger partial charge in [-0.15, -0.1) is 0 Å². The highest BCUT2D eigenvalue weighted by atomic mass is 15.1. The molecule has 0 radical (unpaired) electrons. The van der Waals surface area contributed by atoms with Crippen LogP contribution in [-0.4, -0.2) is 6.54 Å². The minimum atomic E-state index is 0.583. The van der Waals surface area contributed by atoms with Gasteiger partial charge in [0, 0.05) is 24.5 Å². The Bertz CT molecular complexity index is 503. The fraction of sp³-hybridized carbons (Fsp3) is 0.250. The molecule has 0 aliphatic heterocycles. The fourth-order valence-corrected chi connectivity index (χ4v) is 2.09. The summed E-state index contributed by atoms with van der Waals surface area (Å²) in [5.74, 6) is 0. The number of hydrogen-bond acceptors (Lipinski definition) is 2. The summed E-state index contributed by atoms with van der Waals surface area (Å²) in [6.07, 6.45) is 0. The first-order valence-corrected chi connectivity index (χ1v) is 6.38. The Morgan fingerprint density at radius 1 is 1.00 bits per heavy atom. The quantitative estimate of drug-likeness (QED) is 0.884. The molecule has 0 atom stereocenters. The number of hydrogen-bond donors (Lipinski definition) is 1. The second kappa shape index (κ2) is 5.69. The first kappa shape index (κ1) is 12.7. The topological polar surface area (TPSA) is 29.3 Å². The lowest BCUT2D eigenvalue weighted by atomic mass is 10.1. The second-order valence-corrected chi connectivity index (χ2v) is 4.45. The van der Waals surface area contributed by atoms with Crippen LogP contribution >= 0.6 is 0 Å². The molecule has 2 N–H and O–H groups in total. The van der Waals surface area contributed by atoms with Gasteiger partial charge in [0.2, 0.25) is 0 Å². The van der Waals surface area contributed by atoms with Crippen LogP contribution in [0.1, 0.15) is 18.1 Å². The lowest BCUT2D eigenvalue weighted by Gasteiger charge is -2.24. The van der Waals surface area contributed by atoms with Crippen LogP contribution in [0.3, 0.4) is 0 Å². The second-order valence-electron chi connectivity index (χ2n) is 4.45. The van der Waals surface area contributed by atoms with E-state index in [4.69, 9.17) is 5.73 Å². The number of benzene rings is 2. The highest BCUT2D eigenvalue weighted by molar-refractivity contribution is 5.63. The Morgan fingerprint density at radius 2 is 1.72 bits per heavy atom. The molecular weight excluding hydrogens is 220 g/mol. The molecule has 94 valence electrons. The van der Waals surface area contributed by atoms with Gasteiger partial charge in [0.15, 0.2) is 0 Å². The first-order chi connectivity index (χ1) is 8.74. The van der Waals surface area contributed by atoms with Gasteiger partial charge in [-0.25, -0.2) is 0 Å². The van der Waals surface area contributed by atoms with E-state index in [0.717, 1.165) is 12.1 Å². The van der Waals surface area contributed by atoms with Crippen molar-refractivity contribution in [1.29, 1.82) is 0 Å². The molecule has 0 unspecified atom stereocenters. The van der Waals surface area contributed by atoms with Crippen LogP contribution in [0.4, 0.5) is 11.4 Å². The van der Waals surface area contributed by atoms with E-state index in [-0.39, 0.29) is 0 Å². The SMILES string of the molecule is CCN(c1ccc(C)cc1)c1cccc(CN)c1. The van der Waals surface area contributed by atoms with E-state index >= 15 is 0 Å². The maximum Gasteiger partial charge on any atom is 0.0413 e. The van der Waals surface area contributed by atoms with Crippen molar-refractivity contribution in [3.8, 4) is 0 Å². The van der Waals surface area contributed by atoms with Gasteiger partial charge in [-0.05, 0) is 43.7 Å². The van der Waals surface area contributed by atoms with Crippen molar-refractivity contribution in [2.45, 2.75) is 20.4 Å². The number of rotatable bonds is 4. The minimum Gasteiger partial charge on any atom is -0.342 e. The first-order valence-electron chi connectivity index (χ1n) is 6.38. The molecule has 0 amide bonds. The summed E-state index contributed by atoms with van der Waals surface area (Å²) in [4.78, 5) is 2.29. The van der Waals surface area contributed by atoms with Crippen molar-refractivity contribution < 1.29 is 0 Å². The van der Waals surface area contributed by atoms with Crippen LogP contribution in [0.2, 0.25) is 0 Å². The van der Waals surface area contributed by atoms with Crippen LogP contribution in [0.15, 0.2) is 48.5 Å². The van der Waals surface area contributed by atoms with Gasteiger partial charge in [-0.3, -0.25) is 0 Å². The molecule has 2 aromatic carbocycles. The summed E-state index contributed by atoms with van der Waals surface area (Å²) < 4.78 is 0. The zero-order valence-electron chi connectivity index (χ0n) is 11.1. The normalized spacial score (nSPS) is 10.4. The van der Waals surface area contributed by atoms with E-state index in [0.29, 0.717) is 6.54 Å². The molecule has 0 aliphatic rings. The third kappa shape index (κ3) is 2.71. The van der Waals surface area contributed by atoms with Crippen molar-refractivity contribution in [3.63, 3.8) is 0 Å². The predicted molar refractivity (Wildman–Crippen MR) is 78.2 cm³/mol. The number of anilines is 2. The average molecular weight is 240 g/mol. The molecule has 2 heteroatoms. The molecule has 2 rings (SSSR count). The molecule has 2 nitrogen and oxygen atoms in total. The number of nitrogens with two attached hydrogens (primary N) is 1. The Hall–Kier alpha value is -1.80. The summed E-state index contributed by atoms with van der Waals surface area (Å²) in [7, 11) is 0. The summed E-state index contributed by atoms with van der Waals surface area (Å²) in [5, 5.41) is 0. The highest BCUT2D eigenvalue weighted by Gasteiger charge is 2.07. The molecule has 0 spiro atoms. The van der Waals surface area contributed by atoms with Crippen molar-refractivity contribution in [2.75, 3.05) is 11.4 Å². The molecule has 0 bridgehead atoms. The van der Waals surface area contributed by atoms with Gasteiger partial charge in [-0.2, -0.15) is 0 Å². The molecule has 2 aromatic rings. The molecule has 0 saturated heterocycles. The highest BCUT2D eigenvalue weighted by Crippen LogP contribution is 2.25. The minimum absolute atomic E-state index is 0.583. The smallest absolute Gasteiger partial charge is 0.0413 e. The number of nitrogens with zero attached hydrogens (tertiary/aromatic N) is 1. The Labute approximate surface area is 109 Å². The zero-order valence-corrected chi connectivity index (χ0v) is 11.1. The standard InChI is InChI=1S/C16H20N2/c1-3-18(15-9-7-13(2)8-10-15)16-6-4-5-14(11-16)12-17/h4-11H,3,12,17H2,1-2H3. The fourth-order valence-electron chi connectivity index (χ4n) is 2.09. The summed E-state index contributed by atoms with van der Waals surface area (Å²) >= 11 is 0. The summed E-state index contributed by atoms with van der Waals surface area (Å²) in [5.41, 5.74) is 10.6. The maximum atomic E-state index is 5.70. The van der Waals surface area contributed by atoms with E-state index in [1.54, 1.807) is 0 Å². The molecule has 0 heterocycles. The molecule has 0 aromatic heterocycles. The molecular formula is C16H20N2. The monoisotopic (exact) mass is 240 g/mol. The van der Waals surface area contributed by atoms with E-state index in [1.165, 1.54) is 16.9 Å². The largest absolute Gasteiger partial charge is 0.342 e. The third-order valence-electron chi connectivity index (χ3n) is 3.12. The third-order valence-corrected chi connectivity index (χ3v) is 3.12. The van der Waals surface area contributed by atoms with Gasteiger partial charge in [0.25, 0.3) is 0 Å². The van der Waals surface area contributed by atoms with Crippen LogP contribution < -0.4 is 10.6 Å². The van der Waals surface area contributed by atoms with Gasteiger partial charge in [-0.1, -0.05) is 29.8 Å². The van der Waals surface area contributed by atoms with Crippen molar-refractivity contribution in [1.82, 2.24) is 0 Å². The van der Waals surface area contributed by atoms with Crippen LogP contribution in [0.5, 0.6) is 0 Å². The van der Waals surface area contributed by atoms with Crippen LogP contribution in [-0.2, 0) is 6.54 Å².